The monoisotopic (exact) mass is 255 g/mol. The highest BCUT2D eigenvalue weighted by Gasteiger charge is 2.37. The van der Waals surface area contributed by atoms with Crippen molar-refractivity contribution in [1.29, 1.82) is 0 Å². The summed E-state index contributed by atoms with van der Waals surface area (Å²) in [6.45, 7) is 4.17. The molecule has 0 saturated heterocycles. The van der Waals surface area contributed by atoms with Gasteiger partial charge in [-0.2, -0.15) is 0 Å². The quantitative estimate of drug-likeness (QED) is 0.569. The van der Waals surface area contributed by atoms with E-state index in [4.69, 9.17) is 4.74 Å². The van der Waals surface area contributed by atoms with Gasteiger partial charge in [0, 0.05) is 11.3 Å². The number of rotatable bonds is 1. The number of carbonyl (C=O) groups excluding carboxylic acids is 1. The highest BCUT2D eigenvalue weighted by atomic mass is 79.9. The van der Waals surface area contributed by atoms with E-state index in [2.05, 4.69) is 20.9 Å². The lowest BCUT2D eigenvalue weighted by Crippen LogP contribution is -2.25. The number of carbonyl (C=O) groups is 1. The fourth-order valence-corrected chi connectivity index (χ4v) is 2.19. The topological polar surface area (TPSA) is 39.2 Å². The van der Waals surface area contributed by atoms with Gasteiger partial charge in [0.25, 0.3) is 0 Å². The average Bonchev–Trinajstić information content (AvgIpc) is 2.46. The second kappa shape index (κ2) is 3.05. The molecule has 2 heterocycles. The van der Waals surface area contributed by atoms with E-state index in [1.807, 2.05) is 19.9 Å². The van der Waals surface area contributed by atoms with E-state index in [1.165, 1.54) is 0 Å². The van der Waals surface area contributed by atoms with Crippen molar-refractivity contribution >= 4 is 22.2 Å². The molecule has 14 heavy (non-hydrogen) atoms. The first kappa shape index (κ1) is 9.65. The maximum atomic E-state index is 11.0. The molecule has 1 aromatic rings. The van der Waals surface area contributed by atoms with Crippen LogP contribution in [0.5, 0.6) is 5.75 Å². The predicted octanol–water partition coefficient (Wildman–Crippen LogP) is 2.00. The minimum absolute atomic E-state index is 0.398. The number of fused-ring (bicyclic) bond motifs is 1. The molecule has 0 saturated carbocycles. The van der Waals surface area contributed by atoms with Gasteiger partial charge in [-0.15, -0.1) is 0 Å². The van der Waals surface area contributed by atoms with Gasteiger partial charge in [0.2, 0.25) is 0 Å². The van der Waals surface area contributed by atoms with Crippen molar-refractivity contribution in [3.05, 3.63) is 21.9 Å². The van der Waals surface area contributed by atoms with E-state index in [0.717, 1.165) is 17.5 Å². The molecule has 74 valence electrons. The molecule has 0 radical (unpaired) electrons. The second-order valence-corrected chi connectivity index (χ2v) is 4.51. The van der Waals surface area contributed by atoms with Crippen LogP contribution in [0, 0.1) is 6.92 Å². The van der Waals surface area contributed by atoms with Gasteiger partial charge in [-0.25, -0.2) is 4.98 Å². The summed E-state index contributed by atoms with van der Waals surface area (Å²) in [5.41, 5.74) is 1.28. The summed E-state index contributed by atoms with van der Waals surface area (Å²) in [6.07, 6.45) is 0.935. The zero-order chi connectivity index (χ0) is 10.3. The Balaban J connectivity index is 2.65. The number of pyridine rings is 1. The summed E-state index contributed by atoms with van der Waals surface area (Å²) in [7, 11) is 0. The van der Waals surface area contributed by atoms with Gasteiger partial charge < -0.3 is 9.53 Å². The fourth-order valence-electron chi connectivity index (χ4n) is 1.58. The molecule has 3 nitrogen and oxygen atoms in total. The first-order valence-corrected chi connectivity index (χ1v) is 5.13. The summed E-state index contributed by atoms with van der Waals surface area (Å²) in [4.78, 5) is 15.2. The minimum atomic E-state index is -0.522. The fraction of sp³-hybridized carbons (Fsp3) is 0.400. The van der Waals surface area contributed by atoms with Crippen LogP contribution in [-0.2, 0) is 10.2 Å². The van der Waals surface area contributed by atoms with Crippen molar-refractivity contribution in [2.24, 2.45) is 0 Å². The Bertz CT molecular complexity index is 405. The van der Waals surface area contributed by atoms with Crippen LogP contribution < -0.4 is 4.74 Å². The van der Waals surface area contributed by atoms with Crippen molar-refractivity contribution in [1.82, 2.24) is 4.98 Å². The molecular formula is C10H10BrNO2. The number of hydrogen-bond acceptors (Lipinski definition) is 3. The molecule has 1 aliphatic rings. The van der Waals surface area contributed by atoms with Crippen LogP contribution in [0.3, 0.4) is 0 Å². The first-order valence-electron chi connectivity index (χ1n) is 4.33. The number of hydrogen-bond donors (Lipinski definition) is 0. The lowest BCUT2D eigenvalue weighted by atomic mass is 9.86. The number of halogens is 1. The van der Waals surface area contributed by atoms with Crippen LogP contribution >= 0.6 is 15.9 Å². The van der Waals surface area contributed by atoms with Gasteiger partial charge in [-0.1, -0.05) is 0 Å². The number of aryl methyl sites for hydroxylation is 1. The van der Waals surface area contributed by atoms with Crippen LogP contribution in [0.2, 0.25) is 0 Å². The van der Waals surface area contributed by atoms with Gasteiger partial charge in [-0.3, -0.25) is 0 Å². The molecule has 1 unspecified atom stereocenters. The third-order valence-corrected chi connectivity index (χ3v) is 2.99. The van der Waals surface area contributed by atoms with E-state index < -0.39 is 5.41 Å². The summed E-state index contributed by atoms with van der Waals surface area (Å²) < 4.78 is 6.13. The molecule has 0 bridgehead atoms. The average molecular weight is 256 g/mol. The molecule has 0 N–H and O–H groups in total. The van der Waals surface area contributed by atoms with Crippen molar-refractivity contribution in [3.63, 3.8) is 0 Å². The Morgan fingerprint density at radius 3 is 3.07 bits per heavy atom. The standard InChI is InChI=1S/C10H10BrNO2/c1-6-3-7-8(9(11)12-6)14-5-10(7,2)4-13/h3-4H,5H2,1-2H3. The van der Waals surface area contributed by atoms with Crippen molar-refractivity contribution in [2.45, 2.75) is 19.3 Å². The highest BCUT2D eigenvalue weighted by Crippen LogP contribution is 2.41. The third kappa shape index (κ3) is 1.25. The Kier molecular flexibility index (Phi) is 2.10. The lowest BCUT2D eigenvalue weighted by Gasteiger charge is -2.13. The zero-order valence-corrected chi connectivity index (χ0v) is 9.59. The maximum Gasteiger partial charge on any atom is 0.156 e. The third-order valence-electron chi connectivity index (χ3n) is 2.45. The summed E-state index contributed by atoms with van der Waals surface area (Å²) in [5, 5.41) is 0. The predicted molar refractivity (Wildman–Crippen MR) is 55.6 cm³/mol. The number of aromatic nitrogens is 1. The van der Waals surface area contributed by atoms with E-state index >= 15 is 0 Å². The Hall–Kier alpha value is -0.900. The summed E-state index contributed by atoms with van der Waals surface area (Å²) >= 11 is 3.33. The van der Waals surface area contributed by atoms with E-state index in [-0.39, 0.29) is 0 Å². The second-order valence-electron chi connectivity index (χ2n) is 3.76. The lowest BCUT2D eigenvalue weighted by molar-refractivity contribution is -0.112. The first-order chi connectivity index (χ1) is 6.57. The molecule has 1 aromatic heterocycles. The maximum absolute atomic E-state index is 11.0. The smallest absolute Gasteiger partial charge is 0.156 e. The summed E-state index contributed by atoms with van der Waals surface area (Å²) in [5.74, 6) is 0.699. The minimum Gasteiger partial charge on any atom is -0.489 e. The van der Waals surface area contributed by atoms with Crippen LogP contribution in [-0.4, -0.2) is 17.9 Å². The van der Waals surface area contributed by atoms with Crippen LogP contribution in [0.4, 0.5) is 0 Å². The molecule has 0 amide bonds. The molecule has 1 aliphatic heterocycles. The van der Waals surface area contributed by atoms with E-state index in [9.17, 15) is 4.79 Å². The SMILES string of the molecule is Cc1cc2c(c(Br)n1)OCC2(C)C=O. The molecule has 0 spiro atoms. The van der Waals surface area contributed by atoms with Crippen LogP contribution in [0.25, 0.3) is 0 Å². The highest BCUT2D eigenvalue weighted by molar-refractivity contribution is 9.10. The Morgan fingerprint density at radius 1 is 1.71 bits per heavy atom. The van der Waals surface area contributed by atoms with Gasteiger partial charge in [0.05, 0.1) is 5.41 Å². The van der Waals surface area contributed by atoms with Crippen molar-refractivity contribution in [3.8, 4) is 5.75 Å². The van der Waals surface area contributed by atoms with E-state index in [0.29, 0.717) is 17.0 Å². The molecular weight excluding hydrogens is 246 g/mol. The van der Waals surface area contributed by atoms with Gasteiger partial charge in [-0.05, 0) is 35.8 Å². The van der Waals surface area contributed by atoms with Gasteiger partial charge in [0.15, 0.2) is 5.75 Å². The molecule has 4 heteroatoms. The zero-order valence-electron chi connectivity index (χ0n) is 8.00. The largest absolute Gasteiger partial charge is 0.489 e. The van der Waals surface area contributed by atoms with E-state index in [1.54, 1.807) is 0 Å². The normalized spacial score (nSPS) is 24.2. The molecule has 2 rings (SSSR count). The number of ether oxygens (including phenoxy) is 1. The van der Waals surface area contributed by atoms with Crippen molar-refractivity contribution in [2.75, 3.05) is 6.61 Å². The number of nitrogens with zero attached hydrogens (tertiary/aromatic N) is 1. The Labute approximate surface area is 90.6 Å². The molecule has 0 fully saturated rings. The van der Waals surface area contributed by atoms with Gasteiger partial charge in [0.1, 0.15) is 17.5 Å². The molecule has 0 aromatic carbocycles. The van der Waals surface area contributed by atoms with Crippen molar-refractivity contribution < 1.29 is 9.53 Å². The molecule has 0 aliphatic carbocycles. The summed E-state index contributed by atoms with van der Waals surface area (Å²) in [6, 6.07) is 1.90. The molecule has 1 atom stereocenters. The Morgan fingerprint density at radius 2 is 2.43 bits per heavy atom. The van der Waals surface area contributed by atoms with Crippen LogP contribution in [0.1, 0.15) is 18.2 Å². The number of aldehydes is 1. The van der Waals surface area contributed by atoms with Crippen LogP contribution in [0.15, 0.2) is 10.7 Å². The van der Waals surface area contributed by atoms with Gasteiger partial charge >= 0.3 is 0 Å².